The Bertz CT molecular complexity index is 988. The highest BCUT2D eigenvalue weighted by atomic mass is 16.6. The molecule has 2 aromatic carbocycles. The van der Waals surface area contributed by atoms with E-state index in [1.54, 1.807) is 0 Å². The highest BCUT2D eigenvalue weighted by Gasteiger charge is 2.23. The van der Waals surface area contributed by atoms with Gasteiger partial charge in [0.2, 0.25) is 11.8 Å². The maximum atomic E-state index is 12.5. The van der Waals surface area contributed by atoms with E-state index in [0.717, 1.165) is 48.7 Å². The lowest BCUT2D eigenvalue weighted by molar-refractivity contribution is -0.124. The SMILES string of the molecule is Cc1cccc(NC(=O)CN2CCN(CC(=O)NCC3COc4ccccc4O3)CC2)c1C. The minimum Gasteiger partial charge on any atom is -0.486 e. The zero-order valence-electron chi connectivity index (χ0n) is 19.3. The van der Waals surface area contributed by atoms with Crippen LogP contribution in [0.5, 0.6) is 11.5 Å². The summed E-state index contributed by atoms with van der Waals surface area (Å²) in [5, 5.41) is 5.96. The summed E-state index contributed by atoms with van der Waals surface area (Å²) in [6.45, 7) is 8.58. The van der Waals surface area contributed by atoms with Gasteiger partial charge in [-0.05, 0) is 43.2 Å². The van der Waals surface area contributed by atoms with Gasteiger partial charge in [0.1, 0.15) is 12.7 Å². The molecule has 176 valence electrons. The third-order valence-electron chi connectivity index (χ3n) is 6.17. The number of aryl methyl sites for hydroxylation is 1. The van der Waals surface area contributed by atoms with Crippen LogP contribution < -0.4 is 20.1 Å². The third kappa shape index (κ3) is 6.24. The number of ether oxygens (including phenoxy) is 2. The molecule has 0 radical (unpaired) electrons. The van der Waals surface area contributed by atoms with E-state index in [4.69, 9.17) is 9.47 Å². The number of fused-ring (bicyclic) bond motifs is 1. The van der Waals surface area contributed by atoms with Crippen LogP contribution >= 0.6 is 0 Å². The molecule has 1 unspecified atom stereocenters. The number of nitrogens with one attached hydrogen (secondary N) is 2. The number of hydrogen-bond acceptors (Lipinski definition) is 6. The summed E-state index contributed by atoms with van der Waals surface area (Å²) in [6.07, 6.45) is -0.198. The minimum atomic E-state index is -0.198. The highest BCUT2D eigenvalue weighted by Crippen LogP contribution is 2.30. The molecule has 8 heteroatoms. The topological polar surface area (TPSA) is 83.1 Å². The predicted molar refractivity (Wildman–Crippen MR) is 127 cm³/mol. The molecule has 0 bridgehead atoms. The molecule has 8 nitrogen and oxygen atoms in total. The Hall–Kier alpha value is -3.10. The smallest absolute Gasteiger partial charge is 0.238 e. The maximum Gasteiger partial charge on any atom is 0.238 e. The molecule has 1 fully saturated rings. The predicted octanol–water partition coefficient (Wildman–Crippen LogP) is 1.82. The van der Waals surface area contributed by atoms with Crippen LogP contribution in [0.1, 0.15) is 11.1 Å². The van der Waals surface area contributed by atoms with Crippen LogP contribution in [0, 0.1) is 13.8 Å². The van der Waals surface area contributed by atoms with Crippen LogP contribution in [0.3, 0.4) is 0 Å². The Morgan fingerprint density at radius 1 is 0.909 bits per heavy atom. The molecule has 2 heterocycles. The number of para-hydroxylation sites is 2. The molecule has 0 spiro atoms. The summed E-state index contributed by atoms with van der Waals surface area (Å²) in [7, 11) is 0. The van der Waals surface area contributed by atoms with Crippen molar-refractivity contribution in [3.8, 4) is 11.5 Å². The van der Waals surface area contributed by atoms with Gasteiger partial charge in [0.15, 0.2) is 11.5 Å². The molecule has 0 aliphatic carbocycles. The molecule has 4 rings (SSSR count). The van der Waals surface area contributed by atoms with Gasteiger partial charge < -0.3 is 20.1 Å². The first-order chi connectivity index (χ1) is 16.0. The normalized spacial score (nSPS) is 18.5. The summed E-state index contributed by atoms with van der Waals surface area (Å²) in [4.78, 5) is 29.1. The fourth-order valence-electron chi connectivity index (χ4n) is 4.04. The molecule has 2 aliphatic heterocycles. The average molecular weight is 453 g/mol. The lowest BCUT2D eigenvalue weighted by atomic mass is 10.1. The fourth-order valence-corrected chi connectivity index (χ4v) is 4.04. The number of carbonyl (C=O) groups is 2. The second-order valence-electron chi connectivity index (χ2n) is 8.65. The van der Waals surface area contributed by atoms with E-state index >= 15 is 0 Å². The van der Waals surface area contributed by atoms with Crippen molar-refractivity contribution in [1.82, 2.24) is 15.1 Å². The fraction of sp³-hybridized carbons (Fsp3) is 0.440. The van der Waals surface area contributed by atoms with Crippen molar-refractivity contribution in [2.45, 2.75) is 20.0 Å². The van der Waals surface area contributed by atoms with Crippen molar-refractivity contribution in [2.24, 2.45) is 0 Å². The number of rotatable bonds is 7. The van der Waals surface area contributed by atoms with Crippen molar-refractivity contribution in [1.29, 1.82) is 0 Å². The van der Waals surface area contributed by atoms with Gasteiger partial charge in [0.25, 0.3) is 0 Å². The van der Waals surface area contributed by atoms with Gasteiger partial charge in [-0.1, -0.05) is 24.3 Å². The van der Waals surface area contributed by atoms with Crippen LogP contribution in [0.15, 0.2) is 42.5 Å². The van der Waals surface area contributed by atoms with Gasteiger partial charge in [-0.2, -0.15) is 0 Å². The number of carbonyl (C=O) groups excluding carboxylic acids is 2. The molecular weight excluding hydrogens is 420 g/mol. The first-order valence-electron chi connectivity index (χ1n) is 11.4. The van der Waals surface area contributed by atoms with Crippen LogP contribution in [0.25, 0.3) is 0 Å². The number of piperazine rings is 1. The van der Waals surface area contributed by atoms with Crippen LogP contribution in [-0.4, -0.2) is 80.1 Å². The molecule has 2 aromatic rings. The van der Waals surface area contributed by atoms with E-state index < -0.39 is 0 Å². The Labute approximate surface area is 194 Å². The molecule has 0 saturated carbocycles. The lowest BCUT2D eigenvalue weighted by Gasteiger charge is -2.34. The molecule has 2 aliphatic rings. The van der Waals surface area contributed by atoms with Gasteiger partial charge in [0, 0.05) is 31.9 Å². The van der Waals surface area contributed by atoms with Crippen LogP contribution in [0.4, 0.5) is 5.69 Å². The van der Waals surface area contributed by atoms with E-state index in [-0.39, 0.29) is 17.9 Å². The molecular formula is C25H32N4O4. The van der Waals surface area contributed by atoms with E-state index in [9.17, 15) is 9.59 Å². The Balaban J connectivity index is 1.14. The first-order valence-corrected chi connectivity index (χ1v) is 11.4. The number of anilines is 1. The number of benzene rings is 2. The standard InChI is InChI=1S/C25H32N4O4/c1-18-6-5-7-21(19(18)2)27-25(31)16-29-12-10-28(11-13-29)15-24(30)26-14-20-17-32-22-8-3-4-9-23(22)33-20/h3-9,20H,10-17H2,1-2H3,(H,26,30)(H,27,31). The van der Waals surface area contributed by atoms with E-state index in [0.29, 0.717) is 32.0 Å². The first kappa shape index (κ1) is 23.1. The van der Waals surface area contributed by atoms with Crippen molar-refractivity contribution < 1.29 is 19.1 Å². The van der Waals surface area contributed by atoms with Gasteiger partial charge in [-0.15, -0.1) is 0 Å². The molecule has 2 amide bonds. The van der Waals surface area contributed by atoms with Crippen molar-refractivity contribution in [3.63, 3.8) is 0 Å². The van der Waals surface area contributed by atoms with Crippen molar-refractivity contribution in [2.75, 3.05) is 57.7 Å². The summed E-state index contributed by atoms with van der Waals surface area (Å²) in [6, 6.07) is 13.5. The molecule has 33 heavy (non-hydrogen) atoms. The summed E-state index contributed by atoms with van der Waals surface area (Å²) in [5.74, 6) is 1.41. The van der Waals surface area contributed by atoms with E-state index in [1.165, 1.54) is 0 Å². The van der Waals surface area contributed by atoms with Gasteiger partial charge in [-0.25, -0.2) is 0 Å². The van der Waals surface area contributed by atoms with E-state index in [1.807, 2.05) is 56.3 Å². The largest absolute Gasteiger partial charge is 0.486 e. The lowest BCUT2D eigenvalue weighted by Crippen LogP contribution is -2.51. The Kier molecular flexibility index (Phi) is 7.47. The third-order valence-corrected chi connectivity index (χ3v) is 6.17. The summed E-state index contributed by atoms with van der Waals surface area (Å²) in [5.41, 5.74) is 3.12. The quantitative estimate of drug-likeness (QED) is 0.667. The van der Waals surface area contributed by atoms with Crippen molar-refractivity contribution >= 4 is 17.5 Å². The van der Waals surface area contributed by atoms with Gasteiger partial charge in [-0.3, -0.25) is 19.4 Å². The summed E-state index contributed by atoms with van der Waals surface area (Å²) < 4.78 is 11.6. The maximum absolute atomic E-state index is 12.5. The monoisotopic (exact) mass is 452 g/mol. The zero-order chi connectivity index (χ0) is 23.2. The summed E-state index contributed by atoms with van der Waals surface area (Å²) >= 11 is 0. The molecule has 1 atom stereocenters. The number of hydrogen-bond donors (Lipinski definition) is 2. The molecule has 0 aromatic heterocycles. The second-order valence-corrected chi connectivity index (χ2v) is 8.65. The number of nitrogens with zero attached hydrogens (tertiary/aromatic N) is 2. The molecule has 1 saturated heterocycles. The number of amides is 2. The van der Waals surface area contributed by atoms with Gasteiger partial charge in [0.05, 0.1) is 19.6 Å². The minimum absolute atomic E-state index is 0.00818. The van der Waals surface area contributed by atoms with Gasteiger partial charge >= 0.3 is 0 Å². The van der Waals surface area contributed by atoms with E-state index in [2.05, 4.69) is 20.4 Å². The zero-order valence-corrected chi connectivity index (χ0v) is 19.3. The highest BCUT2D eigenvalue weighted by molar-refractivity contribution is 5.93. The molecule has 2 N–H and O–H groups in total. The van der Waals surface area contributed by atoms with Crippen LogP contribution in [-0.2, 0) is 9.59 Å². The second kappa shape index (κ2) is 10.7. The average Bonchev–Trinajstić information content (AvgIpc) is 2.82. The van der Waals surface area contributed by atoms with Crippen molar-refractivity contribution in [3.05, 3.63) is 53.6 Å². The Morgan fingerprint density at radius 2 is 1.58 bits per heavy atom. The van der Waals surface area contributed by atoms with Crippen LogP contribution in [0.2, 0.25) is 0 Å². The Morgan fingerprint density at radius 3 is 2.30 bits per heavy atom.